The van der Waals surface area contributed by atoms with E-state index in [1.165, 1.54) is 12.1 Å². The number of hydrogen-bond acceptors (Lipinski definition) is 9. The number of piperidine rings is 1. The number of amides is 1. The zero-order chi connectivity index (χ0) is 32.9. The normalized spacial score (nSPS) is 16.0. The molecule has 1 fully saturated rings. The van der Waals surface area contributed by atoms with E-state index in [1.54, 1.807) is 38.1 Å². The number of nitrogens with one attached hydrogen (secondary N) is 1. The van der Waals surface area contributed by atoms with Crippen molar-refractivity contribution >= 4 is 21.9 Å². The minimum atomic E-state index is -4.71. The van der Waals surface area contributed by atoms with Gasteiger partial charge in [-0.3, -0.25) is 9.59 Å². The summed E-state index contributed by atoms with van der Waals surface area (Å²) < 4.78 is 74.4. The largest absolute Gasteiger partial charge is 0.569 e. The Morgan fingerprint density at radius 2 is 1.82 bits per heavy atom. The zero-order valence-corrected chi connectivity index (χ0v) is 25.3. The zero-order valence-electron chi connectivity index (χ0n) is 24.5. The molecule has 4 rings (SSSR count). The lowest BCUT2D eigenvalue weighted by Crippen LogP contribution is -2.46. The van der Waals surface area contributed by atoms with E-state index in [1.807, 2.05) is 11.6 Å². The van der Waals surface area contributed by atoms with Crippen molar-refractivity contribution in [3.63, 3.8) is 0 Å². The van der Waals surface area contributed by atoms with Crippen molar-refractivity contribution in [2.45, 2.75) is 44.7 Å². The molecule has 3 aromatic rings. The van der Waals surface area contributed by atoms with Gasteiger partial charge in [0.2, 0.25) is 11.2 Å². The third-order valence-electron chi connectivity index (χ3n) is 6.84. The van der Waals surface area contributed by atoms with Gasteiger partial charge in [-0.1, -0.05) is 43.7 Å². The number of esters is 1. The number of aryl methyl sites for hydroxylation is 1. The second-order valence-electron chi connectivity index (χ2n) is 10.6. The van der Waals surface area contributed by atoms with Gasteiger partial charge in [0.05, 0.1) is 46.2 Å². The Morgan fingerprint density at radius 1 is 1.16 bits per heavy atom. The summed E-state index contributed by atoms with van der Waals surface area (Å²) in [6.45, 7) is 4.55. The Labute approximate surface area is 256 Å². The monoisotopic (exact) mass is 652 g/mol. The van der Waals surface area contributed by atoms with Crippen molar-refractivity contribution in [3.8, 4) is 16.9 Å². The molecule has 1 unspecified atom stereocenters. The molecule has 1 amide bonds. The second kappa shape index (κ2) is 13.5. The first kappa shape index (κ1) is 33.2. The predicted octanol–water partition coefficient (Wildman–Crippen LogP) is 4.35. The van der Waals surface area contributed by atoms with Gasteiger partial charge in [0.1, 0.15) is 0 Å². The van der Waals surface area contributed by atoms with Gasteiger partial charge in [0, 0.05) is 5.56 Å². The highest BCUT2D eigenvalue weighted by atomic mass is 32.2. The molecule has 1 N–H and O–H groups in total. The first-order valence-corrected chi connectivity index (χ1v) is 15.3. The quantitative estimate of drug-likeness (QED) is 0.0840. The van der Waals surface area contributed by atoms with E-state index in [-0.39, 0.29) is 34.3 Å². The minimum Gasteiger partial charge on any atom is -0.569 e. The van der Waals surface area contributed by atoms with Gasteiger partial charge in [0.15, 0.2) is 5.69 Å². The summed E-state index contributed by atoms with van der Waals surface area (Å²) in [4.78, 5) is 28.8. The van der Waals surface area contributed by atoms with Gasteiger partial charge in [-0.25, -0.2) is 17.8 Å². The molecule has 0 aliphatic carbocycles. The van der Waals surface area contributed by atoms with Crippen LogP contribution in [0.1, 0.15) is 37.9 Å². The molecular weight excluding hydrogens is 621 g/mol. The van der Waals surface area contributed by atoms with Crippen LogP contribution in [0.25, 0.3) is 16.9 Å². The molecule has 17 heteroatoms. The Balaban J connectivity index is 1.44. The van der Waals surface area contributed by atoms with Crippen molar-refractivity contribution in [1.29, 1.82) is 0 Å². The van der Waals surface area contributed by atoms with Crippen LogP contribution >= 0.6 is 0 Å². The predicted molar refractivity (Wildman–Crippen MR) is 151 cm³/mol. The molecule has 2 heterocycles. The van der Waals surface area contributed by atoms with Gasteiger partial charge >= 0.3 is 12.1 Å². The van der Waals surface area contributed by atoms with Crippen molar-refractivity contribution in [2.75, 3.05) is 19.9 Å². The number of halogens is 3. The lowest BCUT2D eigenvalue weighted by molar-refractivity contribution is -0.714. The first-order chi connectivity index (χ1) is 21.2. The number of carbonyl (C=O) groups is 2. The van der Waals surface area contributed by atoms with Crippen LogP contribution in [0.3, 0.4) is 0 Å². The smallest absolute Gasteiger partial charge is 0.435 e. The van der Waals surface area contributed by atoms with Crippen LogP contribution < -0.4 is 4.72 Å². The fourth-order valence-electron chi connectivity index (χ4n) is 4.39. The lowest BCUT2D eigenvalue weighted by atomic mass is 9.99. The van der Waals surface area contributed by atoms with Crippen molar-refractivity contribution in [3.05, 3.63) is 71.1 Å². The van der Waals surface area contributed by atoms with E-state index in [2.05, 4.69) is 10.4 Å². The second-order valence-corrected chi connectivity index (χ2v) is 12.3. The van der Waals surface area contributed by atoms with Crippen molar-refractivity contribution < 1.29 is 45.7 Å². The van der Waals surface area contributed by atoms with Crippen molar-refractivity contribution in [1.82, 2.24) is 19.5 Å². The summed E-state index contributed by atoms with van der Waals surface area (Å²) in [5.74, 6) is -2.68. The van der Waals surface area contributed by atoms with Crippen LogP contribution in [0.4, 0.5) is 13.2 Å². The van der Waals surface area contributed by atoms with E-state index in [9.17, 15) is 36.4 Å². The van der Waals surface area contributed by atoms with Crippen LogP contribution in [0.5, 0.6) is 0 Å². The Bertz CT molecular complexity index is 1660. The molecule has 0 saturated carbocycles. The van der Waals surface area contributed by atoms with E-state index >= 15 is 0 Å². The molecule has 242 valence electrons. The van der Waals surface area contributed by atoms with Gasteiger partial charge in [-0.05, 0) is 50.1 Å². The van der Waals surface area contributed by atoms with Crippen LogP contribution in [0.2, 0.25) is 0 Å². The Kier molecular flexibility index (Phi) is 10.00. The number of ether oxygens (including phenoxy) is 1. The molecule has 0 radical (unpaired) electrons. The number of carbonyl (C=O) groups excluding carboxylic acids is 2. The summed E-state index contributed by atoms with van der Waals surface area (Å²) >= 11 is 0. The number of sulfonamides is 1. The summed E-state index contributed by atoms with van der Waals surface area (Å²) in [6, 6.07) is 12.6. The number of alkyl halides is 3. The molecule has 1 aromatic heterocycles. The van der Waals surface area contributed by atoms with Gasteiger partial charge in [-0.2, -0.15) is 18.3 Å². The number of hydrogen-bond donors (Lipinski definition) is 1. The molecule has 1 saturated heterocycles. The first-order valence-electron chi connectivity index (χ1n) is 13.8. The van der Waals surface area contributed by atoms with E-state index in [0.29, 0.717) is 18.4 Å². The summed E-state index contributed by atoms with van der Waals surface area (Å²) in [7, 11) is -4.38. The highest BCUT2D eigenvalue weighted by Crippen LogP contribution is 2.33. The summed E-state index contributed by atoms with van der Waals surface area (Å²) in [6.07, 6.45) is -4.05. The molecule has 1 aliphatic rings. The summed E-state index contributed by atoms with van der Waals surface area (Å²) in [5, 5.41) is 20.4. The topological polar surface area (TPSA) is 158 Å². The molecule has 13 nitrogen and oxygen atoms in total. The highest BCUT2D eigenvalue weighted by molar-refractivity contribution is 7.90. The number of benzene rings is 2. The third kappa shape index (κ3) is 8.29. The average Bonchev–Trinajstić information content (AvgIpc) is 3.46. The lowest BCUT2D eigenvalue weighted by Gasteiger charge is -2.27. The SMILES string of the molecule is Cc1ccc(-c2cc(C(F)(F)F)nn2-c2ccc(S(=O)(=O)NC(=O)C3CCCN(/[N+]([O-])=N\OCOC(=O)C(C)C)C3)cc2)cc1. The van der Waals surface area contributed by atoms with E-state index < -0.39 is 52.4 Å². The van der Waals surface area contributed by atoms with Crippen LogP contribution in [0, 0.1) is 24.0 Å². The molecule has 0 spiro atoms. The molecular formula is C28H31F3N6O7S. The van der Waals surface area contributed by atoms with Gasteiger partial charge < -0.3 is 14.8 Å². The fraction of sp³-hybridized carbons (Fsp3) is 0.393. The fourth-order valence-corrected chi connectivity index (χ4v) is 5.43. The van der Waals surface area contributed by atoms with Crippen LogP contribution in [-0.2, 0) is 35.4 Å². The maximum atomic E-state index is 13.5. The molecule has 2 aromatic carbocycles. The Hall–Kier alpha value is -4.67. The molecule has 1 aliphatic heterocycles. The van der Waals surface area contributed by atoms with Crippen LogP contribution in [0.15, 0.2) is 64.8 Å². The number of nitrogens with zero attached hydrogens (tertiary/aromatic N) is 5. The van der Waals surface area contributed by atoms with Crippen molar-refractivity contribution in [2.24, 2.45) is 17.1 Å². The molecule has 1 atom stereocenters. The third-order valence-corrected chi connectivity index (χ3v) is 8.20. The number of aromatic nitrogens is 2. The maximum Gasteiger partial charge on any atom is 0.435 e. The number of rotatable bonds is 10. The maximum absolute atomic E-state index is 13.5. The van der Waals surface area contributed by atoms with Gasteiger partial charge in [0.25, 0.3) is 16.8 Å². The standard InChI is InChI=1S/C28H31F3N6O7S/c1-18(2)27(39)43-17-44-34-37(40)35-14-4-5-21(16-35)26(38)33-45(41,42)23-12-10-22(11-13-23)36-24(15-25(32-36)28(29,30)31)20-8-6-19(3)7-9-20/h6-13,15,18,21H,4-5,14,16-17H2,1-3H3,(H,33,38)/b37-34+. The van der Waals surface area contributed by atoms with Crippen LogP contribution in [-0.4, -0.2) is 59.9 Å². The van der Waals surface area contributed by atoms with Gasteiger partial charge in [-0.15, -0.1) is 5.01 Å². The highest BCUT2D eigenvalue weighted by Gasteiger charge is 2.36. The molecule has 45 heavy (non-hydrogen) atoms. The minimum absolute atomic E-state index is 0.0974. The average molecular weight is 653 g/mol. The summed E-state index contributed by atoms with van der Waals surface area (Å²) in [5.41, 5.74) is 0.576. The Morgan fingerprint density at radius 3 is 2.44 bits per heavy atom. The van der Waals surface area contributed by atoms with E-state index in [0.717, 1.165) is 33.5 Å². The molecule has 0 bridgehead atoms. The number of hydrazine groups is 1. The van der Waals surface area contributed by atoms with E-state index in [4.69, 9.17) is 9.57 Å².